The monoisotopic (exact) mass is 304 g/mol. The molecule has 0 aliphatic heterocycles. The van der Waals surface area contributed by atoms with Gasteiger partial charge in [0.1, 0.15) is 9.90 Å². The number of likely N-dealkylation sites (N-methyl/N-ethyl adjacent to an activating group) is 1. The van der Waals surface area contributed by atoms with Crippen molar-refractivity contribution in [1.29, 1.82) is 0 Å². The molecule has 1 aliphatic rings. The molecule has 1 aromatic rings. The van der Waals surface area contributed by atoms with E-state index in [2.05, 4.69) is 28.7 Å². The maximum atomic E-state index is 11.7. The van der Waals surface area contributed by atoms with E-state index in [-0.39, 0.29) is 16.3 Å². The lowest BCUT2D eigenvalue weighted by atomic mass is 9.75. The van der Waals surface area contributed by atoms with E-state index in [1.165, 1.54) is 6.42 Å². The number of nitrogens with one attached hydrogen (secondary N) is 1. The maximum absolute atomic E-state index is 11.7. The Morgan fingerprint density at radius 1 is 1.47 bits per heavy atom. The van der Waals surface area contributed by atoms with Crippen LogP contribution in [0.25, 0.3) is 0 Å². The summed E-state index contributed by atoms with van der Waals surface area (Å²) in [5, 5.41) is 3.77. The van der Waals surface area contributed by atoms with Crippen LogP contribution < -0.4 is 11.1 Å². The van der Waals surface area contributed by atoms with Crippen LogP contribution in [0.5, 0.6) is 0 Å². The van der Waals surface area contributed by atoms with Crippen molar-refractivity contribution in [2.24, 2.45) is 0 Å². The third-order valence-corrected chi connectivity index (χ3v) is 5.96. The summed E-state index contributed by atoms with van der Waals surface area (Å²) in [7, 11) is 0.759. The van der Waals surface area contributed by atoms with Crippen molar-refractivity contribution in [2.45, 2.75) is 29.7 Å². The van der Waals surface area contributed by atoms with E-state index in [1.807, 2.05) is 0 Å². The van der Waals surface area contributed by atoms with Crippen molar-refractivity contribution in [1.82, 2.24) is 9.27 Å². The van der Waals surface area contributed by atoms with Crippen molar-refractivity contribution in [3.63, 3.8) is 0 Å². The predicted octanol–water partition coefficient (Wildman–Crippen LogP) is 1.02. The average molecular weight is 304 g/mol. The summed E-state index contributed by atoms with van der Waals surface area (Å²) in [5.41, 5.74) is 5.76. The molecule has 6 nitrogen and oxygen atoms in total. The van der Waals surface area contributed by atoms with E-state index in [1.54, 1.807) is 0 Å². The number of sulfone groups is 1. The van der Waals surface area contributed by atoms with E-state index >= 15 is 0 Å². The molecular weight excluding hydrogens is 284 g/mol. The maximum Gasteiger partial charge on any atom is 0.182 e. The summed E-state index contributed by atoms with van der Waals surface area (Å²) < 4.78 is 27.4. The Morgan fingerprint density at radius 2 is 2.11 bits per heavy atom. The Morgan fingerprint density at radius 3 is 2.53 bits per heavy atom. The fourth-order valence-electron chi connectivity index (χ4n) is 2.38. The fourth-order valence-corrected chi connectivity index (χ4v) is 4.44. The standard InChI is InChI=1S/C11H20N4O2S2/c1-15(2)11(5-4-6-11)7-13-10-8(19(3,16)17)9(12)14-18-10/h13H,4-7H2,1-3H3,(H2,12,14). The smallest absolute Gasteiger partial charge is 0.182 e. The summed E-state index contributed by atoms with van der Waals surface area (Å²) in [6.07, 6.45) is 4.61. The summed E-state index contributed by atoms with van der Waals surface area (Å²) in [6.45, 7) is 0.712. The van der Waals surface area contributed by atoms with Gasteiger partial charge in [0.25, 0.3) is 0 Å². The normalized spacial score (nSPS) is 18.3. The van der Waals surface area contributed by atoms with Gasteiger partial charge in [-0.25, -0.2) is 8.42 Å². The van der Waals surface area contributed by atoms with E-state index < -0.39 is 9.84 Å². The van der Waals surface area contributed by atoms with Crippen LogP contribution in [0.1, 0.15) is 19.3 Å². The van der Waals surface area contributed by atoms with Crippen LogP contribution in [0.3, 0.4) is 0 Å². The number of hydrogen-bond donors (Lipinski definition) is 2. The van der Waals surface area contributed by atoms with Crippen LogP contribution in [0, 0.1) is 0 Å². The van der Waals surface area contributed by atoms with Gasteiger partial charge in [-0.2, -0.15) is 4.37 Å². The molecule has 1 fully saturated rings. The summed E-state index contributed by atoms with van der Waals surface area (Å²) >= 11 is 1.11. The molecule has 0 unspecified atom stereocenters. The Labute approximate surface area is 118 Å². The molecule has 1 aliphatic carbocycles. The van der Waals surface area contributed by atoms with Gasteiger partial charge in [0.2, 0.25) is 0 Å². The average Bonchev–Trinajstić information content (AvgIpc) is 2.56. The van der Waals surface area contributed by atoms with E-state index in [0.29, 0.717) is 11.5 Å². The van der Waals surface area contributed by atoms with Gasteiger partial charge in [-0.15, -0.1) is 0 Å². The predicted molar refractivity (Wildman–Crippen MR) is 78.4 cm³/mol. The minimum absolute atomic E-state index is 0.0857. The quantitative estimate of drug-likeness (QED) is 0.844. The van der Waals surface area contributed by atoms with Gasteiger partial charge in [0.15, 0.2) is 15.7 Å². The summed E-state index contributed by atoms with van der Waals surface area (Å²) in [5.74, 6) is 0.0857. The number of hydrogen-bond acceptors (Lipinski definition) is 7. The van der Waals surface area contributed by atoms with E-state index in [9.17, 15) is 8.42 Å². The molecule has 1 heterocycles. The van der Waals surface area contributed by atoms with Crippen LogP contribution >= 0.6 is 11.5 Å². The first-order chi connectivity index (χ1) is 8.76. The minimum atomic E-state index is -3.35. The zero-order valence-electron chi connectivity index (χ0n) is 11.4. The van der Waals surface area contributed by atoms with Crippen molar-refractivity contribution < 1.29 is 8.42 Å². The Hall–Kier alpha value is -0.860. The highest BCUT2D eigenvalue weighted by molar-refractivity contribution is 7.91. The van der Waals surface area contributed by atoms with Crippen LogP contribution in [0.4, 0.5) is 10.8 Å². The summed E-state index contributed by atoms with van der Waals surface area (Å²) in [4.78, 5) is 2.33. The molecule has 19 heavy (non-hydrogen) atoms. The second kappa shape index (κ2) is 4.92. The van der Waals surface area contributed by atoms with Gasteiger partial charge >= 0.3 is 0 Å². The molecule has 0 bridgehead atoms. The molecule has 3 N–H and O–H groups in total. The second-order valence-electron chi connectivity index (χ2n) is 5.32. The lowest BCUT2D eigenvalue weighted by molar-refractivity contribution is 0.0739. The number of nitrogen functional groups attached to an aromatic ring is 1. The molecule has 1 aromatic heterocycles. The highest BCUT2D eigenvalue weighted by Gasteiger charge is 2.39. The molecule has 0 spiro atoms. The topological polar surface area (TPSA) is 88.3 Å². The number of rotatable bonds is 5. The summed E-state index contributed by atoms with van der Waals surface area (Å²) in [6, 6.07) is 0. The SMILES string of the molecule is CN(C)C1(CNc2snc(N)c2S(C)(=O)=O)CCC1. The first-order valence-electron chi connectivity index (χ1n) is 6.13. The van der Waals surface area contributed by atoms with Crippen LogP contribution in [0.15, 0.2) is 4.90 Å². The van der Waals surface area contributed by atoms with Crippen LogP contribution in [0.2, 0.25) is 0 Å². The van der Waals surface area contributed by atoms with Crippen molar-refractivity contribution >= 4 is 32.2 Å². The van der Waals surface area contributed by atoms with Crippen LogP contribution in [-0.2, 0) is 9.84 Å². The number of nitrogens with zero attached hydrogens (tertiary/aromatic N) is 2. The molecule has 108 valence electrons. The zero-order chi connectivity index (χ0) is 14.3. The molecule has 1 saturated carbocycles. The molecular formula is C11H20N4O2S2. The molecule has 0 aromatic carbocycles. The largest absolute Gasteiger partial charge is 0.382 e. The molecule has 8 heteroatoms. The molecule has 0 radical (unpaired) electrons. The van der Waals surface area contributed by atoms with Gasteiger partial charge in [-0.05, 0) is 44.9 Å². The Bertz CT molecular complexity index is 561. The molecule has 0 amide bonds. The number of aromatic nitrogens is 1. The van der Waals surface area contributed by atoms with Crippen molar-refractivity contribution in [2.75, 3.05) is 37.9 Å². The molecule has 2 rings (SSSR count). The van der Waals surface area contributed by atoms with Crippen molar-refractivity contribution in [3.05, 3.63) is 0 Å². The van der Waals surface area contributed by atoms with E-state index in [0.717, 1.165) is 30.6 Å². The highest BCUT2D eigenvalue weighted by Crippen LogP contribution is 2.38. The molecule has 0 atom stereocenters. The minimum Gasteiger partial charge on any atom is -0.382 e. The molecule has 0 saturated heterocycles. The Kier molecular flexibility index (Phi) is 3.76. The van der Waals surface area contributed by atoms with Gasteiger partial charge in [0.05, 0.1) is 0 Å². The lowest BCUT2D eigenvalue weighted by Crippen LogP contribution is -2.54. The first-order valence-corrected chi connectivity index (χ1v) is 8.79. The third-order valence-electron chi connectivity index (χ3n) is 3.86. The van der Waals surface area contributed by atoms with Crippen LogP contribution in [-0.4, -0.2) is 50.1 Å². The fraction of sp³-hybridized carbons (Fsp3) is 0.727. The first kappa shape index (κ1) is 14.5. The van der Waals surface area contributed by atoms with Crippen molar-refractivity contribution in [3.8, 4) is 0 Å². The lowest BCUT2D eigenvalue weighted by Gasteiger charge is -2.47. The third kappa shape index (κ3) is 2.70. The zero-order valence-corrected chi connectivity index (χ0v) is 13.1. The second-order valence-corrected chi connectivity index (χ2v) is 8.05. The number of nitrogens with two attached hydrogens (primary N) is 1. The van der Waals surface area contributed by atoms with Gasteiger partial charge in [-0.3, -0.25) is 0 Å². The highest BCUT2D eigenvalue weighted by atomic mass is 32.2. The van der Waals surface area contributed by atoms with Gasteiger partial charge in [0, 0.05) is 18.3 Å². The van der Waals surface area contributed by atoms with E-state index in [4.69, 9.17) is 5.73 Å². The number of anilines is 2. The van der Waals surface area contributed by atoms with Gasteiger partial charge < -0.3 is 16.0 Å². The van der Waals surface area contributed by atoms with Gasteiger partial charge in [-0.1, -0.05) is 0 Å². The Balaban J connectivity index is 2.17.